The molecule has 2 aromatic rings. The number of fused-ring (bicyclic) bond motifs is 1. The maximum Gasteiger partial charge on any atom is 0.127 e. The maximum atomic E-state index is 13.7. The van der Waals surface area contributed by atoms with Crippen LogP contribution in [0.4, 0.5) is 10.1 Å². The van der Waals surface area contributed by atoms with Gasteiger partial charge in [-0.05, 0) is 31.2 Å². The van der Waals surface area contributed by atoms with Crippen molar-refractivity contribution in [3.05, 3.63) is 36.3 Å². The van der Waals surface area contributed by atoms with E-state index < -0.39 is 0 Å². The van der Waals surface area contributed by atoms with Gasteiger partial charge in [-0.3, -0.25) is 4.98 Å². The molecule has 1 atom stereocenters. The van der Waals surface area contributed by atoms with E-state index >= 15 is 0 Å². The first-order valence-electron chi connectivity index (χ1n) is 6.23. The number of nitrogens with zero attached hydrogens (tertiary/aromatic N) is 2. The molecule has 0 radical (unpaired) electrons. The van der Waals surface area contributed by atoms with Crippen LogP contribution in [0.1, 0.15) is 6.42 Å². The highest BCUT2D eigenvalue weighted by Crippen LogP contribution is 2.28. The van der Waals surface area contributed by atoms with Crippen LogP contribution >= 0.6 is 12.4 Å². The number of benzene rings is 1. The van der Waals surface area contributed by atoms with Crippen LogP contribution < -0.4 is 10.2 Å². The van der Waals surface area contributed by atoms with Gasteiger partial charge in [-0.25, -0.2) is 4.39 Å². The second-order valence-electron chi connectivity index (χ2n) is 4.75. The van der Waals surface area contributed by atoms with E-state index in [0.717, 1.165) is 30.6 Å². The van der Waals surface area contributed by atoms with Crippen molar-refractivity contribution in [1.82, 2.24) is 10.3 Å². The lowest BCUT2D eigenvalue weighted by molar-refractivity contribution is 0.625. The molecule has 0 aliphatic carbocycles. The summed E-state index contributed by atoms with van der Waals surface area (Å²) in [6, 6.07) is 7.40. The van der Waals surface area contributed by atoms with Crippen molar-refractivity contribution >= 4 is 29.0 Å². The van der Waals surface area contributed by atoms with Gasteiger partial charge < -0.3 is 10.2 Å². The number of likely N-dealkylation sites (N-methyl/N-ethyl adjacent to an activating group) is 1. The Labute approximate surface area is 118 Å². The summed E-state index contributed by atoms with van der Waals surface area (Å²) < 4.78 is 13.7. The first-order chi connectivity index (χ1) is 8.75. The summed E-state index contributed by atoms with van der Waals surface area (Å²) in [6.07, 6.45) is 2.79. The Hall–Kier alpha value is -1.39. The minimum absolute atomic E-state index is 0. The topological polar surface area (TPSA) is 28.2 Å². The molecule has 1 fully saturated rings. The lowest BCUT2D eigenvalue weighted by Gasteiger charge is -2.27. The molecule has 1 aromatic heterocycles. The Bertz CT molecular complexity index is 570. The van der Waals surface area contributed by atoms with E-state index in [1.807, 2.05) is 19.2 Å². The molecule has 2 heterocycles. The first-order valence-corrected chi connectivity index (χ1v) is 6.23. The van der Waals surface area contributed by atoms with E-state index in [1.165, 1.54) is 6.07 Å². The SMILES string of the molecule is CN(c1cc(F)cc2ncccc12)[C@H]1CCNC1.Cl. The molecule has 0 amide bonds. The monoisotopic (exact) mass is 281 g/mol. The molecule has 19 heavy (non-hydrogen) atoms. The Morgan fingerprint density at radius 3 is 3.00 bits per heavy atom. The van der Waals surface area contributed by atoms with E-state index in [-0.39, 0.29) is 18.2 Å². The molecule has 0 unspecified atom stereocenters. The predicted octanol–water partition coefficient (Wildman–Crippen LogP) is 2.59. The molecular formula is C14H17ClFN3. The van der Waals surface area contributed by atoms with Crippen LogP contribution in [-0.2, 0) is 0 Å². The highest BCUT2D eigenvalue weighted by atomic mass is 35.5. The summed E-state index contributed by atoms with van der Waals surface area (Å²) in [5, 5.41) is 4.34. The fourth-order valence-corrected chi connectivity index (χ4v) is 2.59. The molecule has 0 bridgehead atoms. The van der Waals surface area contributed by atoms with Crippen molar-refractivity contribution in [2.75, 3.05) is 25.0 Å². The summed E-state index contributed by atoms with van der Waals surface area (Å²) >= 11 is 0. The molecule has 0 spiro atoms. The Balaban J connectivity index is 0.00000133. The largest absolute Gasteiger partial charge is 0.370 e. The third kappa shape index (κ3) is 2.65. The van der Waals surface area contributed by atoms with Crippen molar-refractivity contribution in [3.63, 3.8) is 0 Å². The second-order valence-corrected chi connectivity index (χ2v) is 4.75. The third-order valence-corrected chi connectivity index (χ3v) is 3.63. The normalized spacial score (nSPS) is 18.3. The molecule has 3 nitrogen and oxygen atoms in total. The molecule has 102 valence electrons. The standard InChI is InChI=1S/C14H16FN3.ClH/c1-18(11-4-6-16-9-11)14-8-10(15)7-13-12(14)3-2-5-17-13;/h2-3,5,7-8,11,16H,4,6,9H2,1H3;1H/t11-;/m0./s1. The van der Waals surface area contributed by atoms with E-state index in [1.54, 1.807) is 12.3 Å². The molecule has 1 saturated heterocycles. The first kappa shape index (κ1) is 14.0. The minimum Gasteiger partial charge on any atom is -0.370 e. The van der Waals surface area contributed by atoms with Gasteiger partial charge in [0.05, 0.1) is 5.52 Å². The molecule has 1 aliphatic heterocycles. The summed E-state index contributed by atoms with van der Waals surface area (Å²) in [5.41, 5.74) is 1.64. The molecule has 1 N–H and O–H groups in total. The third-order valence-electron chi connectivity index (χ3n) is 3.63. The number of pyridine rings is 1. The van der Waals surface area contributed by atoms with Crippen molar-refractivity contribution in [1.29, 1.82) is 0 Å². The van der Waals surface area contributed by atoms with Crippen LogP contribution in [0.3, 0.4) is 0 Å². The Morgan fingerprint density at radius 2 is 2.26 bits per heavy atom. The van der Waals surface area contributed by atoms with Crippen molar-refractivity contribution in [2.45, 2.75) is 12.5 Å². The number of anilines is 1. The fourth-order valence-electron chi connectivity index (χ4n) is 2.59. The van der Waals surface area contributed by atoms with Crippen molar-refractivity contribution in [3.8, 4) is 0 Å². The van der Waals surface area contributed by atoms with Gasteiger partial charge in [-0.15, -0.1) is 12.4 Å². The van der Waals surface area contributed by atoms with Crippen LogP contribution in [0.25, 0.3) is 10.9 Å². The summed E-state index contributed by atoms with van der Waals surface area (Å²) in [6.45, 7) is 1.98. The highest BCUT2D eigenvalue weighted by Gasteiger charge is 2.21. The van der Waals surface area contributed by atoms with Crippen LogP contribution in [0, 0.1) is 5.82 Å². The van der Waals surface area contributed by atoms with E-state index in [4.69, 9.17) is 0 Å². The molecule has 5 heteroatoms. The summed E-state index contributed by atoms with van der Waals surface area (Å²) in [5.74, 6) is -0.228. The Morgan fingerprint density at radius 1 is 1.42 bits per heavy atom. The lowest BCUT2D eigenvalue weighted by atomic mass is 10.1. The van der Waals surface area contributed by atoms with Gasteiger partial charge in [0.2, 0.25) is 0 Å². The van der Waals surface area contributed by atoms with Crippen LogP contribution in [0.5, 0.6) is 0 Å². The number of halogens is 2. The molecule has 3 rings (SSSR count). The van der Waals surface area contributed by atoms with Crippen molar-refractivity contribution in [2.24, 2.45) is 0 Å². The molecule has 0 saturated carbocycles. The summed E-state index contributed by atoms with van der Waals surface area (Å²) in [4.78, 5) is 6.39. The average Bonchev–Trinajstić information content (AvgIpc) is 2.90. The number of hydrogen-bond donors (Lipinski definition) is 1. The van der Waals surface area contributed by atoms with Crippen LogP contribution in [0.2, 0.25) is 0 Å². The summed E-state index contributed by atoms with van der Waals surface area (Å²) in [7, 11) is 2.03. The van der Waals surface area contributed by atoms with Crippen LogP contribution in [0.15, 0.2) is 30.5 Å². The zero-order valence-electron chi connectivity index (χ0n) is 10.8. The minimum atomic E-state index is -0.228. The van der Waals surface area contributed by atoms with Gasteiger partial charge in [0.15, 0.2) is 0 Å². The Kier molecular flexibility index (Phi) is 4.22. The van der Waals surface area contributed by atoms with Gasteiger partial charge >= 0.3 is 0 Å². The van der Waals surface area contributed by atoms with Gasteiger partial charge in [-0.1, -0.05) is 0 Å². The lowest BCUT2D eigenvalue weighted by Crippen LogP contribution is -2.33. The molecular weight excluding hydrogens is 265 g/mol. The van der Waals surface area contributed by atoms with Crippen LogP contribution in [-0.4, -0.2) is 31.2 Å². The fraction of sp³-hybridized carbons (Fsp3) is 0.357. The quantitative estimate of drug-likeness (QED) is 0.917. The number of hydrogen-bond acceptors (Lipinski definition) is 3. The van der Waals surface area contributed by atoms with E-state index in [0.29, 0.717) is 11.6 Å². The highest BCUT2D eigenvalue weighted by molar-refractivity contribution is 5.91. The predicted molar refractivity (Wildman–Crippen MR) is 78.6 cm³/mol. The van der Waals surface area contributed by atoms with Gasteiger partial charge in [-0.2, -0.15) is 0 Å². The van der Waals surface area contributed by atoms with E-state index in [2.05, 4.69) is 15.2 Å². The zero-order valence-corrected chi connectivity index (χ0v) is 11.6. The second kappa shape index (κ2) is 5.72. The smallest absolute Gasteiger partial charge is 0.127 e. The zero-order chi connectivity index (χ0) is 12.5. The maximum absolute atomic E-state index is 13.7. The van der Waals surface area contributed by atoms with Gasteiger partial charge in [0, 0.05) is 43.0 Å². The van der Waals surface area contributed by atoms with E-state index in [9.17, 15) is 4.39 Å². The van der Waals surface area contributed by atoms with Gasteiger partial charge in [0.25, 0.3) is 0 Å². The molecule has 1 aromatic carbocycles. The van der Waals surface area contributed by atoms with Gasteiger partial charge in [0.1, 0.15) is 5.82 Å². The van der Waals surface area contributed by atoms with Crippen molar-refractivity contribution < 1.29 is 4.39 Å². The average molecular weight is 282 g/mol. The number of aromatic nitrogens is 1. The molecule has 1 aliphatic rings. The number of rotatable bonds is 2. The number of nitrogens with one attached hydrogen (secondary N) is 1.